The van der Waals surface area contributed by atoms with Crippen molar-refractivity contribution in [2.75, 3.05) is 31.1 Å². The molecule has 1 unspecified atom stereocenters. The van der Waals surface area contributed by atoms with Gasteiger partial charge < -0.3 is 15.1 Å². The summed E-state index contributed by atoms with van der Waals surface area (Å²) in [6.45, 7) is 3.28. The molecule has 1 N–H and O–H groups in total. The maximum Gasteiger partial charge on any atom is 0.417 e. The van der Waals surface area contributed by atoms with Crippen molar-refractivity contribution >= 4 is 29.1 Å². The molecule has 3 heterocycles. The molecule has 1 aliphatic carbocycles. The number of benzene rings is 2. The lowest BCUT2D eigenvalue weighted by Gasteiger charge is -2.40. The van der Waals surface area contributed by atoms with Crippen LogP contribution >= 0.6 is 11.6 Å². The highest BCUT2D eigenvalue weighted by atomic mass is 35.5. The van der Waals surface area contributed by atoms with E-state index < -0.39 is 29.3 Å². The normalized spacial score (nSPS) is 19.9. The molecule has 6 rings (SSSR count). The highest BCUT2D eigenvalue weighted by Gasteiger charge is 2.42. The van der Waals surface area contributed by atoms with Gasteiger partial charge in [-0.25, -0.2) is 0 Å². The van der Waals surface area contributed by atoms with E-state index >= 15 is 0 Å². The number of aryl methyl sites for hydroxylation is 1. The largest absolute Gasteiger partial charge is 0.417 e. The molecule has 1 aromatic heterocycles. The lowest BCUT2D eigenvalue weighted by atomic mass is 9.77. The van der Waals surface area contributed by atoms with Gasteiger partial charge in [-0.2, -0.15) is 13.2 Å². The maximum atomic E-state index is 13.6. The van der Waals surface area contributed by atoms with Gasteiger partial charge in [-0.05, 0) is 91.1 Å². The Labute approximate surface area is 241 Å². The molecule has 1 atom stereocenters. The number of rotatable bonds is 4. The van der Waals surface area contributed by atoms with Crippen LogP contribution in [-0.4, -0.2) is 47.9 Å². The van der Waals surface area contributed by atoms with Crippen LogP contribution in [0.4, 0.5) is 18.9 Å². The SMILES string of the molecule is O=C(NC1CCc2ccc(C(=O)N3CCC4(CCN(c5ccncc5)CC4)C3)cc21)c1cc(Cl)ccc1C(F)(F)F. The van der Waals surface area contributed by atoms with Gasteiger partial charge in [0.25, 0.3) is 11.8 Å². The van der Waals surface area contributed by atoms with E-state index in [1.807, 2.05) is 29.2 Å². The number of hydrogen-bond acceptors (Lipinski definition) is 4. The Kier molecular flexibility index (Phi) is 7.18. The zero-order valence-corrected chi connectivity index (χ0v) is 23.1. The van der Waals surface area contributed by atoms with Crippen molar-refractivity contribution in [2.24, 2.45) is 5.41 Å². The number of nitrogens with one attached hydrogen (secondary N) is 1. The third-order valence-corrected chi connectivity index (χ3v) is 9.12. The molecule has 3 aromatic rings. The summed E-state index contributed by atoms with van der Waals surface area (Å²) in [7, 11) is 0. The molecule has 2 amide bonds. The summed E-state index contributed by atoms with van der Waals surface area (Å²) >= 11 is 5.92. The van der Waals surface area contributed by atoms with Crippen molar-refractivity contribution in [3.8, 4) is 0 Å². The van der Waals surface area contributed by atoms with Crippen LogP contribution in [0.2, 0.25) is 5.02 Å². The van der Waals surface area contributed by atoms with Gasteiger partial charge in [0.1, 0.15) is 0 Å². The second-order valence-electron chi connectivity index (χ2n) is 11.3. The molecular weight excluding hydrogens is 553 g/mol. The number of amides is 2. The van der Waals surface area contributed by atoms with Gasteiger partial charge in [0.15, 0.2) is 0 Å². The van der Waals surface area contributed by atoms with Crippen LogP contribution in [0.25, 0.3) is 0 Å². The van der Waals surface area contributed by atoms with Gasteiger partial charge in [0.05, 0.1) is 17.2 Å². The molecule has 2 saturated heterocycles. The number of fused-ring (bicyclic) bond motifs is 1. The Hall–Kier alpha value is -3.59. The number of halogens is 4. The Bertz CT molecular complexity index is 1470. The first-order valence-electron chi connectivity index (χ1n) is 13.9. The summed E-state index contributed by atoms with van der Waals surface area (Å²) in [5, 5.41) is 2.81. The second kappa shape index (κ2) is 10.7. The lowest BCUT2D eigenvalue weighted by Crippen LogP contribution is -2.42. The van der Waals surface area contributed by atoms with E-state index in [1.54, 1.807) is 18.5 Å². The molecule has 0 radical (unpaired) electrons. The van der Waals surface area contributed by atoms with Crippen LogP contribution in [0.15, 0.2) is 60.9 Å². The average molecular weight is 583 g/mol. The number of hydrogen-bond donors (Lipinski definition) is 1. The number of carbonyl (C=O) groups excluding carboxylic acids is 2. The Morgan fingerprint density at radius 1 is 0.976 bits per heavy atom. The molecule has 41 heavy (non-hydrogen) atoms. The van der Waals surface area contributed by atoms with Gasteiger partial charge in [0.2, 0.25) is 0 Å². The third kappa shape index (κ3) is 5.52. The van der Waals surface area contributed by atoms with Crippen LogP contribution in [0.1, 0.15) is 69.1 Å². The zero-order valence-electron chi connectivity index (χ0n) is 22.4. The fourth-order valence-corrected chi connectivity index (χ4v) is 6.74. The molecule has 0 saturated carbocycles. The summed E-state index contributed by atoms with van der Waals surface area (Å²) in [6, 6.07) is 12.1. The third-order valence-electron chi connectivity index (χ3n) is 8.89. The number of anilines is 1. The fourth-order valence-electron chi connectivity index (χ4n) is 6.57. The summed E-state index contributed by atoms with van der Waals surface area (Å²) in [5.41, 5.74) is 2.04. The first-order valence-corrected chi connectivity index (χ1v) is 14.2. The standard InChI is InChI=1S/C31H30ClF3N4O2/c32-22-4-5-26(31(33,34)35)25(18-22)28(40)37-27-6-3-20-1-2-21(17-24(20)27)29(41)39-16-11-30(19-39)9-14-38(15-10-30)23-7-12-36-13-8-23/h1-2,4-5,7-8,12-13,17-18,27H,3,6,9-11,14-16,19H2,(H,37,40). The van der Waals surface area contributed by atoms with E-state index in [9.17, 15) is 22.8 Å². The second-order valence-corrected chi connectivity index (χ2v) is 11.8. The van der Waals surface area contributed by atoms with E-state index in [-0.39, 0.29) is 16.3 Å². The molecule has 0 bridgehead atoms. The molecule has 2 aromatic carbocycles. The lowest BCUT2D eigenvalue weighted by molar-refractivity contribution is -0.137. The van der Waals surface area contributed by atoms with E-state index in [0.29, 0.717) is 31.5 Å². The maximum absolute atomic E-state index is 13.6. The van der Waals surface area contributed by atoms with E-state index in [1.165, 1.54) is 5.69 Å². The minimum atomic E-state index is -4.69. The number of pyridine rings is 1. The quantitative estimate of drug-likeness (QED) is 0.392. The van der Waals surface area contributed by atoms with Crippen LogP contribution in [0, 0.1) is 5.41 Å². The minimum absolute atomic E-state index is 0.0487. The van der Waals surface area contributed by atoms with E-state index in [2.05, 4.69) is 15.2 Å². The molecule has 1 spiro atoms. The van der Waals surface area contributed by atoms with Crippen LogP contribution < -0.4 is 10.2 Å². The van der Waals surface area contributed by atoms with Crippen LogP contribution in [0.5, 0.6) is 0 Å². The van der Waals surface area contributed by atoms with Gasteiger partial charge in [-0.15, -0.1) is 0 Å². The minimum Gasteiger partial charge on any atom is -0.371 e. The number of likely N-dealkylation sites (tertiary alicyclic amines) is 1. The Balaban J connectivity index is 1.14. The zero-order chi connectivity index (χ0) is 28.8. The van der Waals surface area contributed by atoms with Crippen molar-refractivity contribution in [1.29, 1.82) is 0 Å². The summed E-state index contributed by atoms with van der Waals surface area (Å²) in [6.07, 6.45) is 3.12. The monoisotopic (exact) mass is 582 g/mol. The molecule has 2 fully saturated rings. The van der Waals surface area contributed by atoms with Crippen molar-refractivity contribution in [2.45, 2.75) is 44.3 Å². The number of alkyl halides is 3. The predicted molar refractivity (Wildman–Crippen MR) is 150 cm³/mol. The molecular formula is C31H30ClF3N4O2. The van der Waals surface area contributed by atoms with Gasteiger partial charge in [-0.3, -0.25) is 14.6 Å². The van der Waals surface area contributed by atoms with Crippen LogP contribution in [0.3, 0.4) is 0 Å². The molecule has 6 nitrogen and oxygen atoms in total. The van der Waals surface area contributed by atoms with Crippen molar-refractivity contribution in [3.05, 3.63) is 93.8 Å². The van der Waals surface area contributed by atoms with Crippen molar-refractivity contribution in [3.63, 3.8) is 0 Å². The van der Waals surface area contributed by atoms with Gasteiger partial charge >= 0.3 is 6.18 Å². The Morgan fingerprint density at radius 3 is 2.44 bits per heavy atom. The number of piperidine rings is 1. The number of aromatic nitrogens is 1. The van der Waals surface area contributed by atoms with Crippen LogP contribution in [-0.2, 0) is 12.6 Å². The first kappa shape index (κ1) is 27.6. The topological polar surface area (TPSA) is 65.5 Å². The van der Waals surface area contributed by atoms with E-state index in [0.717, 1.165) is 61.7 Å². The summed E-state index contributed by atoms with van der Waals surface area (Å²) < 4.78 is 40.6. The Morgan fingerprint density at radius 2 is 1.71 bits per heavy atom. The van der Waals surface area contributed by atoms with Crippen molar-refractivity contribution < 1.29 is 22.8 Å². The smallest absolute Gasteiger partial charge is 0.371 e. The molecule has 3 aliphatic rings. The molecule has 214 valence electrons. The van der Waals surface area contributed by atoms with Gasteiger partial charge in [-0.1, -0.05) is 17.7 Å². The predicted octanol–water partition coefficient (Wildman–Crippen LogP) is 6.30. The molecule has 10 heteroatoms. The first-order chi connectivity index (χ1) is 19.6. The van der Waals surface area contributed by atoms with E-state index in [4.69, 9.17) is 11.6 Å². The fraction of sp³-hybridized carbons (Fsp3) is 0.387. The highest BCUT2D eigenvalue weighted by Crippen LogP contribution is 2.42. The average Bonchev–Trinajstić information content (AvgIpc) is 3.56. The summed E-state index contributed by atoms with van der Waals surface area (Å²) in [4.78, 5) is 35.0. The number of carbonyl (C=O) groups is 2. The highest BCUT2D eigenvalue weighted by molar-refractivity contribution is 6.31. The number of nitrogens with zero attached hydrogens (tertiary/aromatic N) is 3. The molecule has 2 aliphatic heterocycles. The van der Waals surface area contributed by atoms with Crippen molar-refractivity contribution in [1.82, 2.24) is 15.2 Å². The summed E-state index contributed by atoms with van der Waals surface area (Å²) in [5.74, 6) is -0.888. The van der Waals surface area contributed by atoms with Gasteiger partial charge in [0, 0.05) is 54.8 Å².